The number of pyridine rings is 1. The van der Waals surface area contributed by atoms with Crippen molar-refractivity contribution in [2.45, 2.75) is 4.90 Å². The molecule has 0 spiro atoms. The van der Waals surface area contributed by atoms with Crippen molar-refractivity contribution >= 4 is 38.9 Å². The van der Waals surface area contributed by atoms with E-state index in [-0.39, 0.29) is 21.4 Å². The highest BCUT2D eigenvalue weighted by molar-refractivity contribution is 7.92. The lowest BCUT2D eigenvalue weighted by Crippen LogP contribution is -2.48. The van der Waals surface area contributed by atoms with Gasteiger partial charge in [0.05, 0.1) is 33.1 Å². The maximum atomic E-state index is 13.2. The minimum atomic E-state index is -3.85. The number of anilines is 2. The molecule has 0 saturated carbocycles. The van der Waals surface area contributed by atoms with Crippen LogP contribution in [0.2, 0.25) is 5.02 Å². The average Bonchev–Trinajstić information content (AvgIpc) is 2.84. The van der Waals surface area contributed by atoms with Crippen LogP contribution < -0.4 is 9.21 Å². The van der Waals surface area contributed by atoms with Crippen molar-refractivity contribution in [3.05, 3.63) is 83.6 Å². The van der Waals surface area contributed by atoms with Gasteiger partial charge in [-0.2, -0.15) is 0 Å². The Morgan fingerprint density at radius 2 is 1.72 bits per heavy atom. The number of para-hydroxylation sites is 1. The summed E-state index contributed by atoms with van der Waals surface area (Å²) in [6, 6.07) is 16.9. The molecule has 1 aliphatic heterocycles. The second-order valence-electron chi connectivity index (χ2n) is 7.44. The Labute approximate surface area is 192 Å². The Hall–Kier alpha value is -3.10. The van der Waals surface area contributed by atoms with E-state index in [1.54, 1.807) is 41.6 Å². The molecule has 0 N–H and O–H groups in total. The molecular formula is C23H23ClN4O3S. The summed E-state index contributed by atoms with van der Waals surface area (Å²) in [5, 5.41) is 0.228. The fourth-order valence-electron chi connectivity index (χ4n) is 3.64. The molecule has 3 aromatic rings. The van der Waals surface area contributed by atoms with Gasteiger partial charge in [0.2, 0.25) is 0 Å². The Bertz CT molecular complexity index is 1200. The van der Waals surface area contributed by atoms with Crippen molar-refractivity contribution in [1.82, 2.24) is 9.88 Å². The zero-order chi connectivity index (χ0) is 22.7. The Morgan fingerprint density at radius 3 is 2.38 bits per heavy atom. The predicted octanol–water partition coefficient (Wildman–Crippen LogP) is 3.52. The van der Waals surface area contributed by atoms with E-state index >= 15 is 0 Å². The van der Waals surface area contributed by atoms with Crippen LogP contribution >= 0.6 is 11.6 Å². The molecule has 0 bridgehead atoms. The molecule has 7 nitrogen and oxygen atoms in total. The van der Waals surface area contributed by atoms with Crippen LogP contribution in [0.3, 0.4) is 0 Å². The second-order valence-corrected chi connectivity index (χ2v) is 9.82. The first-order valence-electron chi connectivity index (χ1n) is 10.2. The standard InChI is InChI=1S/C23H23ClN4O3S/c1-26(18-6-3-2-4-7-18)32(30,31)20-9-10-22(24)21(16-20)23(29)28-14-12-27(13-15-28)19-8-5-11-25-17-19/h2-11,16-17H,12-15H2,1H3. The number of amides is 1. The molecule has 4 rings (SSSR count). The zero-order valence-electron chi connectivity index (χ0n) is 17.6. The third-order valence-electron chi connectivity index (χ3n) is 5.52. The number of hydrogen-bond donors (Lipinski definition) is 0. The van der Waals surface area contributed by atoms with Crippen LogP contribution in [0.25, 0.3) is 0 Å². The summed E-state index contributed by atoms with van der Waals surface area (Å²) in [4.78, 5) is 21.2. The first kappa shape index (κ1) is 22.1. The highest BCUT2D eigenvalue weighted by Crippen LogP contribution is 2.27. The van der Waals surface area contributed by atoms with Gasteiger partial charge in [0.15, 0.2) is 0 Å². The molecule has 32 heavy (non-hydrogen) atoms. The number of piperazine rings is 1. The van der Waals surface area contributed by atoms with Gasteiger partial charge < -0.3 is 9.80 Å². The topological polar surface area (TPSA) is 73.8 Å². The summed E-state index contributed by atoms with van der Waals surface area (Å²) in [6.07, 6.45) is 3.52. The minimum Gasteiger partial charge on any atom is -0.367 e. The summed E-state index contributed by atoms with van der Waals surface area (Å²) < 4.78 is 27.5. The number of hydrogen-bond acceptors (Lipinski definition) is 5. The SMILES string of the molecule is CN(c1ccccc1)S(=O)(=O)c1ccc(Cl)c(C(=O)N2CCN(c3cccnc3)CC2)c1. The van der Waals surface area contributed by atoms with Crippen molar-refractivity contribution < 1.29 is 13.2 Å². The molecule has 2 heterocycles. The van der Waals surface area contributed by atoms with E-state index in [1.807, 2.05) is 18.2 Å². The maximum Gasteiger partial charge on any atom is 0.264 e. The molecule has 2 aromatic carbocycles. The van der Waals surface area contributed by atoms with Crippen LogP contribution in [0, 0.1) is 0 Å². The molecule has 1 saturated heterocycles. The first-order valence-corrected chi connectivity index (χ1v) is 12.0. The van der Waals surface area contributed by atoms with Crippen LogP contribution in [0.5, 0.6) is 0 Å². The monoisotopic (exact) mass is 470 g/mol. The van der Waals surface area contributed by atoms with Crippen molar-refractivity contribution in [3.63, 3.8) is 0 Å². The lowest BCUT2D eigenvalue weighted by Gasteiger charge is -2.36. The third kappa shape index (κ3) is 4.42. The Balaban J connectivity index is 1.53. The molecule has 0 unspecified atom stereocenters. The van der Waals surface area contributed by atoms with Crippen LogP contribution in [0.1, 0.15) is 10.4 Å². The number of sulfonamides is 1. The minimum absolute atomic E-state index is 0.0191. The molecule has 0 radical (unpaired) electrons. The van der Waals surface area contributed by atoms with Gasteiger partial charge in [-0.15, -0.1) is 0 Å². The molecule has 9 heteroatoms. The number of halogens is 1. The van der Waals surface area contributed by atoms with Gasteiger partial charge in [-0.05, 0) is 42.5 Å². The number of rotatable bonds is 5. The normalized spacial score (nSPS) is 14.3. The number of aromatic nitrogens is 1. The van der Waals surface area contributed by atoms with Crippen molar-refractivity contribution in [3.8, 4) is 0 Å². The summed E-state index contributed by atoms with van der Waals surface area (Å²) in [5.74, 6) is -0.278. The lowest BCUT2D eigenvalue weighted by atomic mass is 10.1. The van der Waals surface area contributed by atoms with Crippen LogP contribution in [0.4, 0.5) is 11.4 Å². The molecule has 1 amide bonds. The molecule has 0 atom stereocenters. The van der Waals surface area contributed by atoms with E-state index in [4.69, 9.17) is 11.6 Å². The quantitative estimate of drug-likeness (QED) is 0.570. The molecule has 1 aromatic heterocycles. The van der Waals surface area contributed by atoms with Gasteiger partial charge in [0.1, 0.15) is 0 Å². The maximum absolute atomic E-state index is 13.2. The fraction of sp³-hybridized carbons (Fsp3) is 0.217. The third-order valence-corrected chi connectivity index (χ3v) is 7.64. The second kappa shape index (κ2) is 9.18. The van der Waals surface area contributed by atoms with Gasteiger partial charge >= 0.3 is 0 Å². The van der Waals surface area contributed by atoms with E-state index in [2.05, 4.69) is 9.88 Å². The van der Waals surface area contributed by atoms with Gasteiger partial charge in [0.25, 0.3) is 15.9 Å². The number of carbonyl (C=O) groups is 1. The van der Waals surface area contributed by atoms with E-state index in [0.29, 0.717) is 31.9 Å². The number of carbonyl (C=O) groups excluding carboxylic acids is 1. The lowest BCUT2D eigenvalue weighted by molar-refractivity contribution is 0.0746. The summed E-state index contributed by atoms with van der Waals surface area (Å²) >= 11 is 6.31. The van der Waals surface area contributed by atoms with E-state index < -0.39 is 10.0 Å². The number of nitrogens with zero attached hydrogens (tertiary/aromatic N) is 4. The summed E-state index contributed by atoms with van der Waals surface area (Å²) in [7, 11) is -2.37. The van der Waals surface area contributed by atoms with E-state index in [0.717, 1.165) is 5.69 Å². The highest BCUT2D eigenvalue weighted by Gasteiger charge is 2.27. The number of benzene rings is 2. The van der Waals surface area contributed by atoms with Crippen molar-refractivity contribution in [2.75, 3.05) is 42.4 Å². The fourth-order valence-corrected chi connectivity index (χ4v) is 5.06. The highest BCUT2D eigenvalue weighted by atomic mass is 35.5. The van der Waals surface area contributed by atoms with Crippen LogP contribution in [-0.2, 0) is 10.0 Å². The van der Waals surface area contributed by atoms with Gasteiger partial charge in [-0.3, -0.25) is 14.1 Å². The van der Waals surface area contributed by atoms with Crippen LogP contribution in [0.15, 0.2) is 78.0 Å². The van der Waals surface area contributed by atoms with E-state index in [9.17, 15) is 13.2 Å². The largest absolute Gasteiger partial charge is 0.367 e. The van der Waals surface area contributed by atoms with E-state index in [1.165, 1.54) is 29.6 Å². The van der Waals surface area contributed by atoms with Gasteiger partial charge in [-0.1, -0.05) is 29.8 Å². The van der Waals surface area contributed by atoms with Crippen molar-refractivity contribution in [2.24, 2.45) is 0 Å². The smallest absolute Gasteiger partial charge is 0.264 e. The zero-order valence-corrected chi connectivity index (χ0v) is 19.1. The molecule has 0 aliphatic carbocycles. The average molecular weight is 471 g/mol. The van der Waals surface area contributed by atoms with Crippen LogP contribution in [-0.4, -0.2) is 57.4 Å². The Kier molecular flexibility index (Phi) is 6.34. The van der Waals surface area contributed by atoms with Gasteiger partial charge in [-0.25, -0.2) is 8.42 Å². The molecule has 1 fully saturated rings. The summed E-state index contributed by atoms with van der Waals surface area (Å²) in [6.45, 7) is 2.32. The summed E-state index contributed by atoms with van der Waals surface area (Å²) in [5.41, 5.74) is 1.72. The molecule has 1 aliphatic rings. The first-order chi connectivity index (χ1) is 15.4. The Morgan fingerprint density at radius 1 is 1.00 bits per heavy atom. The van der Waals surface area contributed by atoms with Crippen molar-refractivity contribution in [1.29, 1.82) is 0 Å². The molecular weight excluding hydrogens is 448 g/mol. The predicted molar refractivity (Wildman–Crippen MR) is 126 cm³/mol. The molecule has 166 valence electrons. The van der Waals surface area contributed by atoms with Gasteiger partial charge in [0, 0.05) is 39.4 Å².